The Kier molecular flexibility index (Phi) is 5.83. The van der Waals surface area contributed by atoms with E-state index >= 15 is 0 Å². The molecule has 0 radical (unpaired) electrons. The number of aliphatic hydroxyl groups excluding tert-OH is 1. The molecule has 24 heavy (non-hydrogen) atoms. The average molecular weight is 338 g/mol. The van der Waals surface area contributed by atoms with Gasteiger partial charge in [-0.05, 0) is 52.6 Å². The topological polar surface area (TPSA) is 61.8 Å². The van der Waals surface area contributed by atoms with Crippen molar-refractivity contribution in [2.45, 2.75) is 89.5 Å². The molecule has 1 heterocycles. The molecule has 2 aliphatic carbocycles. The van der Waals surface area contributed by atoms with Crippen LogP contribution in [0.1, 0.15) is 65.2 Å². The molecule has 0 aromatic heterocycles. The number of piperidine rings is 1. The first-order chi connectivity index (χ1) is 11.6. The number of carbonyl (C=O) groups excluding carboxylic acids is 1. The van der Waals surface area contributed by atoms with E-state index in [1.54, 1.807) is 0 Å². The van der Waals surface area contributed by atoms with Crippen LogP contribution in [0.4, 0.5) is 0 Å². The number of hydrogen-bond donors (Lipinski definition) is 2. The summed E-state index contributed by atoms with van der Waals surface area (Å²) in [6.45, 7) is 6.50. The van der Waals surface area contributed by atoms with E-state index < -0.39 is 0 Å². The van der Waals surface area contributed by atoms with Crippen LogP contribution in [-0.2, 0) is 9.53 Å². The van der Waals surface area contributed by atoms with Gasteiger partial charge in [0.1, 0.15) is 0 Å². The zero-order chi connectivity index (χ0) is 17.2. The Morgan fingerprint density at radius 2 is 1.96 bits per heavy atom. The number of ether oxygens (including phenoxy) is 1. The van der Waals surface area contributed by atoms with Gasteiger partial charge in [0.05, 0.1) is 18.2 Å². The highest BCUT2D eigenvalue weighted by molar-refractivity contribution is 5.81. The fourth-order valence-corrected chi connectivity index (χ4v) is 4.88. The lowest BCUT2D eigenvalue weighted by molar-refractivity contribution is -0.210. The van der Waals surface area contributed by atoms with Gasteiger partial charge in [0.25, 0.3) is 0 Å². The summed E-state index contributed by atoms with van der Waals surface area (Å²) in [5.74, 6) is 0.174. The number of rotatable bonds is 5. The molecule has 1 aliphatic heterocycles. The minimum absolute atomic E-state index is 0.0634. The second kappa shape index (κ2) is 7.71. The molecule has 1 amide bonds. The molecular formula is C19H34N2O3. The minimum Gasteiger partial charge on any atom is -0.392 e. The summed E-state index contributed by atoms with van der Waals surface area (Å²) in [5.41, 5.74) is -0.0634. The molecule has 3 atom stereocenters. The molecule has 1 saturated heterocycles. The van der Waals surface area contributed by atoms with Crippen LogP contribution in [0, 0.1) is 5.41 Å². The maximum Gasteiger partial charge on any atom is 0.237 e. The second-order valence-corrected chi connectivity index (χ2v) is 7.98. The molecule has 3 rings (SSSR count). The molecule has 0 bridgehead atoms. The van der Waals surface area contributed by atoms with E-state index in [1.807, 2.05) is 13.8 Å². The quantitative estimate of drug-likeness (QED) is 0.806. The predicted octanol–water partition coefficient (Wildman–Crippen LogP) is 2.08. The van der Waals surface area contributed by atoms with E-state index in [0.717, 1.165) is 45.2 Å². The Hall–Kier alpha value is -0.650. The van der Waals surface area contributed by atoms with Crippen LogP contribution in [0.5, 0.6) is 0 Å². The summed E-state index contributed by atoms with van der Waals surface area (Å²) in [6, 6.07) is 0.299. The molecule has 0 aromatic rings. The number of nitrogens with zero attached hydrogens (tertiary/aromatic N) is 1. The monoisotopic (exact) mass is 338 g/mol. The van der Waals surface area contributed by atoms with E-state index in [4.69, 9.17) is 4.74 Å². The van der Waals surface area contributed by atoms with E-state index in [1.165, 1.54) is 19.3 Å². The van der Waals surface area contributed by atoms with Crippen LogP contribution in [-0.4, -0.2) is 59.9 Å². The Balaban J connectivity index is 1.49. The molecule has 2 saturated carbocycles. The SMILES string of the molecule is CCOC1CC(O)C12CCN(C(C)C(=O)NC1CCCCC1)CC2. The first-order valence-electron chi connectivity index (χ1n) is 9.91. The largest absolute Gasteiger partial charge is 0.392 e. The van der Waals surface area contributed by atoms with Gasteiger partial charge in [-0.3, -0.25) is 9.69 Å². The van der Waals surface area contributed by atoms with Crippen LogP contribution in [0.3, 0.4) is 0 Å². The van der Waals surface area contributed by atoms with Crippen LogP contribution in [0.25, 0.3) is 0 Å². The standard InChI is InChI=1S/C19H34N2O3/c1-3-24-17-13-16(22)19(17)9-11-21(12-10-19)14(2)18(23)20-15-7-5-4-6-8-15/h14-17,22H,3-13H2,1-2H3,(H,20,23). The highest BCUT2D eigenvalue weighted by Gasteiger charge is 2.56. The van der Waals surface area contributed by atoms with Gasteiger partial charge in [-0.1, -0.05) is 19.3 Å². The number of amides is 1. The Morgan fingerprint density at radius 1 is 1.29 bits per heavy atom. The van der Waals surface area contributed by atoms with Crippen molar-refractivity contribution in [2.75, 3.05) is 19.7 Å². The van der Waals surface area contributed by atoms with Crippen molar-refractivity contribution in [2.24, 2.45) is 5.41 Å². The summed E-state index contributed by atoms with van der Waals surface area (Å²) >= 11 is 0. The molecule has 2 N–H and O–H groups in total. The molecular weight excluding hydrogens is 304 g/mol. The fourth-order valence-electron chi connectivity index (χ4n) is 4.88. The van der Waals surface area contributed by atoms with Crippen molar-refractivity contribution in [1.29, 1.82) is 0 Å². The van der Waals surface area contributed by atoms with Crippen molar-refractivity contribution >= 4 is 5.91 Å². The zero-order valence-corrected chi connectivity index (χ0v) is 15.3. The van der Waals surface area contributed by atoms with Crippen molar-refractivity contribution < 1.29 is 14.6 Å². The first kappa shape index (κ1) is 18.2. The Labute approximate surface area is 146 Å². The van der Waals surface area contributed by atoms with Crippen molar-refractivity contribution in [3.8, 4) is 0 Å². The molecule has 5 heteroatoms. The number of carbonyl (C=O) groups is 1. The van der Waals surface area contributed by atoms with Crippen LogP contribution >= 0.6 is 0 Å². The lowest BCUT2D eigenvalue weighted by Gasteiger charge is -2.57. The molecule has 5 nitrogen and oxygen atoms in total. The van der Waals surface area contributed by atoms with Gasteiger partial charge in [-0.25, -0.2) is 0 Å². The normalized spacial score (nSPS) is 32.3. The Bertz CT molecular complexity index is 426. The number of hydrogen-bond acceptors (Lipinski definition) is 4. The van der Waals surface area contributed by atoms with Crippen LogP contribution in [0.2, 0.25) is 0 Å². The smallest absolute Gasteiger partial charge is 0.237 e. The fraction of sp³-hybridized carbons (Fsp3) is 0.947. The van der Waals surface area contributed by atoms with E-state index in [2.05, 4.69) is 10.2 Å². The molecule has 0 aromatic carbocycles. The third-order valence-corrected chi connectivity index (χ3v) is 6.72. The zero-order valence-electron chi connectivity index (χ0n) is 15.3. The highest BCUT2D eigenvalue weighted by atomic mass is 16.5. The van der Waals surface area contributed by atoms with E-state index in [9.17, 15) is 9.90 Å². The first-order valence-corrected chi connectivity index (χ1v) is 9.91. The molecule has 3 aliphatic rings. The van der Waals surface area contributed by atoms with Gasteiger partial charge in [0.2, 0.25) is 5.91 Å². The number of aliphatic hydroxyl groups is 1. The third kappa shape index (κ3) is 3.49. The molecule has 3 fully saturated rings. The maximum atomic E-state index is 12.6. The summed E-state index contributed by atoms with van der Waals surface area (Å²) in [4.78, 5) is 14.8. The lowest BCUT2D eigenvalue weighted by atomic mass is 9.58. The third-order valence-electron chi connectivity index (χ3n) is 6.72. The van der Waals surface area contributed by atoms with Crippen molar-refractivity contribution in [3.05, 3.63) is 0 Å². The Morgan fingerprint density at radius 3 is 2.54 bits per heavy atom. The summed E-state index contributed by atoms with van der Waals surface area (Å²) < 4.78 is 5.83. The number of likely N-dealkylation sites (tertiary alicyclic amines) is 1. The highest BCUT2D eigenvalue weighted by Crippen LogP contribution is 2.51. The van der Waals surface area contributed by atoms with Crippen molar-refractivity contribution in [3.63, 3.8) is 0 Å². The van der Waals surface area contributed by atoms with Gasteiger partial charge < -0.3 is 15.2 Å². The molecule has 138 valence electrons. The van der Waals surface area contributed by atoms with Gasteiger partial charge in [0, 0.05) is 24.5 Å². The summed E-state index contributed by atoms with van der Waals surface area (Å²) in [6.07, 6.45) is 8.64. The summed E-state index contributed by atoms with van der Waals surface area (Å²) in [7, 11) is 0. The molecule has 3 unspecified atom stereocenters. The summed E-state index contributed by atoms with van der Waals surface area (Å²) in [5, 5.41) is 13.5. The van der Waals surface area contributed by atoms with E-state index in [0.29, 0.717) is 12.6 Å². The minimum atomic E-state index is -0.234. The average Bonchev–Trinajstić information content (AvgIpc) is 2.62. The molecule has 1 spiro atoms. The maximum absolute atomic E-state index is 12.6. The van der Waals surface area contributed by atoms with Crippen LogP contribution in [0.15, 0.2) is 0 Å². The van der Waals surface area contributed by atoms with Gasteiger partial charge in [-0.15, -0.1) is 0 Å². The second-order valence-electron chi connectivity index (χ2n) is 7.98. The van der Waals surface area contributed by atoms with Gasteiger partial charge >= 0.3 is 0 Å². The predicted molar refractivity (Wildman–Crippen MR) is 93.8 cm³/mol. The van der Waals surface area contributed by atoms with Gasteiger partial charge in [-0.2, -0.15) is 0 Å². The van der Waals surface area contributed by atoms with Crippen LogP contribution < -0.4 is 5.32 Å². The van der Waals surface area contributed by atoms with Crippen molar-refractivity contribution in [1.82, 2.24) is 10.2 Å². The lowest BCUT2D eigenvalue weighted by Crippen LogP contribution is -2.63. The van der Waals surface area contributed by atoms with Gasteiger partial charge in [0.15, 0.2) is 0 Å². The number of nitrogens with one attached hydrogen (secondary N) is 1. The van der Waals surface area contributed by atoms with E-state index in [-0.39, 0.29) is 29.6 Å².